The third kappa shape index (κ3) is 5.03. The summed E-state index contributed by atoms with van der Waals surface area (Å²) in [6, 6.07) is 24.8. The first-order valence-corrected chi connectivity index (χ1v) is 9.03. The molecule has 3 nitrogen and oxygen atoms in total. The number of para-hydroxylation sites is 2. The van der Waals surface area contributed by atoms with Crippen molar-refractivity contribution in [1.82, 2.24) is 0 Å². The third-order valence-electron chi connectivity index (χ3n) is 4.27. The average molecular weight is 346 g/mol. The van der Waals surface area contributed by atoms with Gasteiger partial charge in [-0.2, -0.15) is 0 Å². The fourth-order valence-corrected chi connectivity index (χ4v) is 2.79. The van der Waals surface area contributed by atoms with E-state index in [-0.39, 0.29) is 0 Å². The molecule has 0 unspecified atom stereocenters. The molecule has 3 heteroatoms. The van der Waals surface area contributed by atoms with E-state index in [4.69, 9.17) is 4.74 Å². The molecule has 0 spiro atoms. The number of ether oxygens (including phenoxy) is 1. The van der Waals surface area contributed by atoms with Crippen molar-refractivity contribution in [2.75, 3.05) is 23.7 Å². The van der Waals surface area contributed by atoms with Crippen LogP contribution in [-0.4, -0.2) is 13.1 Å². The molecule has 134 valence electrons. The molecule has 26 heavy (non-hydrogen) atoms. The maximum atomic E-state index is 5.99. The van der Waals surface area contributed by atoms with Gasteiger partial charge in [-0.15, -0.1) is 0 Å². The quantitative estimate of drug-likeness (QED) is 0.535. The fourth-order valence-electron chi connectivity index (χ4n) is 2.79. The lowest BCUT2D eigenvalue weighted by Crippen LogP contribution is -2.14. The van der Waals surface area contributed by atoms with Crippen LogP contribution in [0.25, 0.3) is 0 Å². The molecule has 0 bridgehead atoms. The van der Waals surface area contributed by atoms with Crippen LogP contribution in [0.4, 0.5) is 11.4 Å². The van der Waals surface area contributed by atoms with Crippen LogP contribution in [0.5, 0.6) is 5.75 Å². The van der Waals surface area contributed by atoms with Gasteiger partial charge in [0.15, 0.2) is 0 Å². The Morgan fingerprint density at radius 3 is 2.23 bits per heavy atom. The molecule has 0 aliphatic rings. The highest BCUT2D eigenvalue weighted by Crippen LogP contribution is 2.24. The molecule has 0 radical (unpaired) electrons. The van der Waals surface area contributed by atoms with E-state index in [1.165, 1.54) is 22.4 Å². The number of hydrogen-bond acceptors (Lipinski definition) is 3. The minimum Gasteiger partial charge on any atom is -0.487 e. The van der Waals surface area contributed by atoms with Crippen LogP contribution in [0.2, 0.25) is 0 Å². The number of nitrogens with one attached hydrogen (secondary N) is 2. The van der Waals surface area contributed by atoms with Gasteiger partial charge in [-0.1, -0.05) is 54.6 Å². The largest absolute Gasteiger partial charge is 0.487 e. The number of hydrogen-bond donors (Lipinski definition) is 2. The summed E-state index contributed by atoms with van der Waals surface area (Å²) >= 11 is 0. The smallest absolute Gasteiger partial charge is 0.142 e. The van der Waals surface area contributed by atoms with E-state index in [9.17, 15) is 0 Å². The predicted molar refractivity (Wildman–Crippen MR) is 110 cm³/mol. The molecule has 3 aromatic rings. The van der Waals surface area contributed by atoms with Crippen LogP contribution in [0.15, 0.2) is 72.8 Å². The molecule has 0 heterocycles. The number of anilines is 2. The molecular weight excluding hydrogens is 320 g/mol. The summed E-state index contributed by atoms with van der Waals surface area (Å²) < 4.78 is 5.99. The van der Waals surface area contributed by atoms with E-state index in [0.717, 1.165) is 24.5 Å². The maximum absolute atomic E-state index is 5.99. The minimum absolute atomic E-state index is 0.570. The second-order valence-corrected chi connectivity index (χ2v) is 6.44. The van der Waals surface area contributed by atoms with Crippen molar-refractivity contribution in [2.45, 2.75) is 20.5 Å². The van der Waals surface area contributed by atoms with Gasteiger partial charge in [-0.05, 0) is 48.7 Å². The first-order chi connectivity index (χ1) is 12.7. The van der Waals surface area contributed by atoms with Crippen molar-refractivity contribution in [3.63, 3.8) is 0 Å². The molecule has 3 rings (SSSR count). The molecule has 0 aromatic heterocycles. The van der Waals surface area contributed by atoms with Crippen LogP contribution < -0.4 is 15.4 Å². The summed E-state index contributed by atoms with van der Waals surface area (Å²) in [6.45, 7) is 6.47. The van der Waals surface area contributed by atoms with Crippen molar-refractivity contribution in [2.24, 2.45) is 0 Å². The lowest BCUT2D eigenvalue weighted by molar-refractivity contribution is 0.307. The van der Waals surface area contributed by atoms with Crippen LogP contribution in [-0.2, 0) is 6.61 Å². The predicted octanol–water partition coefficient (Wildman–Crippen LogP) is 5.41. The Hall–Kier alpha value is -2.94. The van der Waals surface area contributed by atoms with Gasteiger partial charge in [-0.25, -0.2) is 0 Å². The van der Waals surface area contributed by atoms with Crippen LogP contribution in [0, 0.1) is 13.8 Å². The Balaban J connectivity index is 1.52. The normalized spacial score (nSPS) is 10.4. The van der Waals surface area contributed by atoms with Gasteiger partial charge in [-0.3, -0.25) is 0 Å². The lowest BCUT2D eigenvalue weighted by Gasteiger charge is -2.15. The van der Waals surface area contributed by atoms with Gasteiger partial charge < -0.3 is 15.4 Å². The van der Waals surface area contributed by atoms with Crippen molar-refractivity contribution in [3.8, 4) is 5.75 Å². The Kier molecular flexibility index (Phi) is 6.15. The molecule has 0 saturated carbocycles. The summed E-state index contributed by atoms with van der Waals surface area (Å²) in [7, 11) is 0. The Labute approximate surface area is 156 Å². The lowest BCUT2D eigenvalue weighted by atomic mass is 10.1. The van der Waals surface area contributed by atoms with E-state index in [2.05, 4.69) is 60.9 Å². The van der Waals surface area contributed by atoms with Gasteiger partial charge in [0.25, 0.3) is 0 Å². The zero-order valence-corrected chi connectivity index (χ0v) is 15.5. The maximum Gasteiger partial charge on any atom is 0.142 e. The zero-order chi connectivity index (χ0) is 18.2. The molecular formula is C23H26N2O. The number of rotatable bonds is 8. The summed E-state index contributed by atoms with van der Waals surface area (Å²) in [4.78, 5) is 0. The summed E-state index contributed by atoms with van der Waals surface area (Å²) in [5.74, 6) is 0.878. The second-order valence-electron chi connectivity index (χ2n) is 6.44. The molecule has 0 aliphatic carbocycles. The molecule has 0 saturated heterocycles. The van der Waals surface area contributed by atoms with Crippen molar-refractivity contribution < 1.29 is 4.74 Å². The third-order valence-corrected chi connectivity index (χ3v) is 4.27. The van der Waals surface area contributed by atoms with E-state index < -0.39 is 0 Å². The fraction of sp³-hybridized carbons (Fsp3) is 0.217. The van der Waals surface area contributed by atoms with Crippen molar-refractivity contribution in [1.29, 1.82) is 0 Å². The van der Waals surface area contributed by atoms with Crippen LogP contribution in [0.3, 0.4) is 0 Å². The van der Waals surface area contributed by atoms with E-state index >= 15 is 0 Å². The Bertz CT molecular complexity index is 831. The highest BCUT2D eigenvalue weighted by Gasteiger charge is 2.03. The number of benzene rings is 3. The first kappa shape index (κ1) is 17.9. The summed E-state index contributed by atoms with van der Waals surface area (Å²) in [5, 5.41) is 6.96. The van der Waals surface area contributed by atoms with Gasteiger partial charge in [0.2, 0.25) is 0 Å². The van der Waals surface area contributed by atoms with Crippen molar-refractivity contribution in [3.05, 3.63) is 89.5 Å². The molecule has 0 fully saturated rings. The van der Waals surface area contributed by atoms with E-state index in [0.29, 0.717) is 6.61 Å². The Morgan fingerprint density at radius 2 is 1.42 bits per heavy atom. The summed E-state index contributed by atoms with van der Waals surface area (Å²) in [6.07, 6.45) is 0. The highest BCUT2D eigenvalue weighted by atomic mass is 16.5. The van der Waals surface area contributed by atoms with Gasteiger partial charge in [0, 0.05) is 18.8 Å². The molecule has 0 amide bonds. The molecule has 0 atom stereocenters. The van der Waals surface area contributed by atoms with E-state index in [1.807, 2.05) is 36.4 Å². The molecule has 2 N–H and O–H groups in total. The first-order valence-electron chi connectivity index (χ1n) is 9.03. The van der Waals surface area contributed by atoms with Gasteiger partial charge in [0.05, 0.1) is 5.69 Å². The van der Waals surface area contributed by atoms with Gasteiger partial charge in [0.1, 0.15) is 12.4 Å². The minimum atomic E-state index is 0.570. The summed E-state index contributed by atoms with van der Waals surface area (Å²) in [5.41, 5.74) is 5.92. The van der Waals surface area contributed by atoms with E-state index in [1.54, 1.807) is 0 Å². The van der Waals surface area contributed by atoms with Gasteiger partial charge >= 0.3 is 0 Å². The van der Waals surface area contributed by atoms with Crippen molar-refractivity contribution >= 4 is 11.4 Å². The average Bonchev–Trinajstić information content (AvgIpc) is 2.67. The topological polar surface area (TPSA) is 33.3 Å². The SMILES string of the molecule is Cc1ccc(C)c(NCCNc2ccccc2OCc2ccccc2)c1. The standard InChI is InChI=1S/C23H26N2O/c1-18-12-13-19(2)22(16-18)25-15-14-24-21-10-6-7-11-23(21)26-17-20-8-4-3-5-9-20/h3-13,16,24-25H,14-15,17H2,1-2H3. The van der Waals surface area contributed by atoms with Crippen LogP contribution in [0.1, 0.15) is 16.7 Å². The van der Waals surface area contributed by atoms with Crippen LogP contribution >= 0.6 is 0 Å². The monoisotopic (exact) mass is 346 g/mol. The number of aryl methyl sites for hydroxylation is 2. The molecule has 0 aliphatic heterocycles. The Morgan fingerprint density at radius 1 is 0.731 bits per heavy atom. The molecule has 3 aromatic carbocycles. The highest BCUT2D eigenvalue weighted by molar-refractivity contribution is 5.57. The second kappa shape index (κ2) is 8.95. The zero-order valence-electron chi connectivity index (χ0n) is 15.5.